The predicted octanol–water partition coefficient (Wildman–Crippen LogP) is 5.00. The number of imidazole rings is 1. The molecule has 2 fully saturated rings. The first kappa shape index (κ1) is 20.9. The fourth-order valence-electron chi connectivity index (χ4n) is 5.11. The van der Waals surface area contributed by atoms with Crippen molar-refractivity contribution in [3.05, 3.63) is 58.3 Å². The number of likely N-dealkylation sites (tertiary alicyclic amines) is 1. The third-order valence-electron chi connectivity index (χ3n) is 7.10. The van der Waals surface area contributed by atoms with Gasteiger partial charge in [-0.15, -0.1) is 0 Å². The molecule has 0 spiro atoms. The van der Waals surface area contributed by atoms with Gasteiger partial charge in [0.2, 0.25) is 0 Å². The van der Waals surface area contributed by atoms with Gasteiger partial charge >= 0.3 is 0 Å². The van der Waals surface area contributed by atoms with Crippen LogP contribution in [0.4, 0.5) is 0 Å². The van der Waals surface area contributed by atoms with E-state index < -0.39 is 0 Å². The molecule has 4 aromatic rings. The van der Waals surface area contributed by atoms with E-state index in [1.807, 2.05) is 23.2 Å². The number of aryl methyl sites for hydroxylation is 1. The number of amides is 1. The summed E-state index contributed by atoms with van der Waals surface area (Å²) in [5.74, 6) is 0.794. The number of hydrogen-bond donors (Lipinski definition) is 1. The average Bonchev–Trinajstić information content (AvgIpc) is 3.48. The number of nitrogens with zero attached hydrogens (tertiary/aromatic N) is 4. The van der Waals surface area contributed by atoms with Crippen LogP contribution in [0, 0.1) is 12.8 Å². The van der Waals surface area contributed by atoms with E-state index in [4.69, 9.17) is 10.7 Å². The maximum absolute atomic E-state index is 13.1. The fraction of sp³-hybridized carbons (Fsp3) is 0.385. The summed E-state index contributed by atoms with van der Waals surface area (Å²) in [6.07, 6.45) is 6.51. The lowest BCUT2D eigenvalue weighted by molar-refractivity contribution is 0.0709. The molecule has 3 aromatic heterocycles. The van der Waals surface area contributed by atoms with Crippen molar-refractivity contribution in [2.75, 3.05) is 13.1 Å². The van der Waals surface area contributed by atoms with Crippen molar-refractivity contribution >= 4 is 38.4 Å². The molecule has 1 unspecified atom stereocenters. The van der Waals surface area contributed by atoms with Gasteiger partial charge in [0.1, 0.15) is 11.3 Å². The maximum Gasteiger partial charge on any atom is 0.254 e. The van der Waals surface area contributed by atoms with Gasteiger partial charge < -0.3 is 19.6 Å². The monoisotopic (exact) mass is 505 g/mol. The number of pyridine rings is 1. The normalized spacial score (nSPS) is 19.0. The third-order valence-corrected chi connectivity index (χ3v) is 7.59. The molecule has 6 nitrogen and oxygen atoms in total. The zero-order valence-electron chi connectivity index (χ0n) is 18.8. The molecular weight excluding hydrogens is 478 g/mol. The van der Waals surface area contributed by atoms with Crippen LogP contribution in [0.2, 0.25) is 0 Å². The fourth-order valence-corrected chi connectivity index (χ4v) is 5.49. The predicted molar refractivity (Wildman–Crippen MR) is 134 cm³/mol. The Hall–Kier alpha value is -2.64. The Bertz CT molecular complexity index is 1380. The van der Waals surface area contributed by atoms with E-state index in [-0.39, 0.29) is 11.9 Å². The number of benzene rings is 1. The number of fused-ring (bicyclic) bond motifs is 2. The Labute approximate surface area is 201 Å². The molecule has 1 amide bonds. The van der Waals surface area contributed by atoms with Crippen molar-refractivity contribution in [2.24, 2.45) is 11.7 Å². The minimum atomic E-state index is 0.0440. The van der Waals surface area contributed by atoms with E-state index in [0.29, 0.717) is 12.1 Å². The average molecular weight is 506 g/mol. The Balaban J connectivity index is 1.42. The number of nitrogens with two attached hydrogens (primary N) is 1. The van der Waals surface area contributed by atoms with Gasteiger partial charge in [-0.1, -0.05) is 15.9 Å². The van der Waals surface area contributed by atoms with Crippen LogP contribution < -0.4 is 5.73 Å². The molecule has 1 saturated heterocycles. The summed E-state index contributed by atoms with van der Waals surface area (Å²) in [7, 11) is 0. The van der Waals surface area contributed by atoms with Crippen LogP contribution in [0.5, 0.6) is 0 Å². The molecular formula is C26H28BrN5O. The highest BCUT2D eigenvalue weighted by Crippen LogP contribution is 2.37. The lowest BCUT2D eigenvalue weighted by atomic mass is 10.1. The molecule has 1 atom stereocenters. The van der Waals surface area contributed by atoms with Crippen LogP contribution in [0.3, 0.4) is 0 Å². The molecule has 2 aliphatic rings. The Morgan fingerprint density at radius 1 is 1.18 bits per heavy atom. The van der Waals surface area contributed by atoms with Gasteiger partial charge in [-0.25, -0.2) is 4.98 Å². The minimum Gasteiger partial charge on any atom is -0.339 e. The zero-order chi connectivity index (χ0) is 22.7. The molecule has 1 aromatic carbocycles. The van der Waals surface area contributed by atoms with Crippen LogP contribution in [0.15, 0.2) is 47.1 Å². The lowest BCUT2D eigenvalue weighted by Gasteiger charge is -2.30. The number of hydrogen-bond acceptors (Lipinski definition) is 3. The first-order valence-corrected chi connectivity index (χ1v) is 12.6. The SMILES string of the molecule is Cc1c(-c2cc3cc(Br)ccc3n2CC2CC2)nc2cc(C(=O)N3CCCC(N)C3)ccn12. The summed E-state index contributed by atoms with van der Waals surface area (Å²) in [6.45, 7) is 4.52. The van der Waals surface area contributed by atoms with E-state index >= 15 is 0 Å². The van der Waals surface area contributed by atoms with Crippen LogP contribution in [0.1, 0.15) is 41.7 Å². The van der Waals surface area contributed by atoms with Crippen LogP contribution in [-0.4, -0.2) is 43.9 Å². The summed E-state index contributed by atoms with van der Waals surface area (Å²) in [6, 6.07) is 12.6. The Morgan fingerprint density at radius 2 is 2.03 bits per heavy atom. The van der Waals surface area contributed by atoms with E-state index in [1.165, 1.54) is 23.7 Å². The van der Waals surface area contributed by atoms with E-state index in [9.17, 15) is 4.79 Å². The lowest BCUT2D eigenvalue weighted by Crippen LogP contribution is -2.45. The number of carbonyl (C=O) groups is 1. The molecule has 1 aliphatic carbocycles. The molecule has 2 N–H and O–H groups in total. The first-order valence-electron chi connectivity index (χ1n) is 11.8. The molecule has 1 saturated carbocycles. The number of halogens is 1. The second-order valence-corrected chi connectivity index (χ2v) is 10.5. The number of rotatable bonds is 4. The summed E-state index contributed by atoms with van der Waals surface area (Å²) < 4.78 is 5.59. The van der Waals surface area contributed by atoms with Crippen molar-refractivity contribution < 1.29 is 4.79 Å². The quantitative estimate of drug-likeness (QED) is 0.424. The Kier molecular flexibility index (Phi) is 5.07. The summed E-state index contributed by atoms with van der Waals surface area (Å²) in [4.78, 5) is 20.0. The van der Waals surface area contributed by atoms with Crippen molar-refractivity contribution in [1.29, 1.82) is 0 Å². The summed E-state index contributed by atoms with van der Waals surface area (Å²) in [5.41, 5.74) is 12.0. The van der Waals surface area contributed by atoms with Gasteiger partial charge in [-0.2, -0.15) is 0 Å². The number of aromatic nitrogens is 3. The maximum atomic E-state index is 13.1. The van der Waals surface area contributed by atoms with Gasteiger partial charge in [-0.3, -0.25) is 4.79 Å². The van der Waals surface area contributed by atoms with Gasteiger partial charge in [0, 0.05) is 58.5 Å². The van der Waals surface area contributed by atoms with Crippen LogP contribution >= 0.6 is 15.9 Å². The van der Waals surface area contributed by atoms with Crippen LogP contribution in [-0.2, 0) is 6.54 Å². The van der Waals surface area contributed by atoms with Gasteiger partial charge in [-0.05, 0) is 74.9 Å². The minimum absolute atomic E-state index is 0.0440. The van der Waals surface area contributed by atoms with Gasteiger partial charge in [0.25, 0.3) is 5.91 Å². The molecule has 1 aliphatic heterocycles. The van der Waals surface area contributed by atoms with Crippen molar-refractivity contribution in [2.45, 2.75) is 45.2 Å². The van der Waals surface area contributed by atoms with E-state index in [2.05, 4.69) is 56.1 Å². The van der Waals surface area contributed by atoms with Gasteiger partial charge in [0.05, 0.1) is 5.69 Å². The topological polar surface area (TPSA) is 68.6 Å². The van der Waals surface area contributed by atoms with E-state index in [0.717, 1.165) is 59.1 Å². The van der Waals surface area contributed by atoms with Crippen molar-refractivity contribution in [3.63, 3.8) is 0 Å². The summed E-state index contributed by atoms with van der Waals surface area (Å²) >= 11 is 3.61. The molecule has 0 radical (unpaired) electrons. The Morgan fingerprint density at radius 3 is 2.82 bits per heavy atom. The second kappa shape index (κ2) is 7.99. The number of carbonyl (C=O) groups excluding carboxylic acids is 1. The van der Waals surface area contributed by atoms with Gasteiger partial charge in [0.15, 0.2) is 0 Å². The molecule has 7 heteroatoms. The molecule has 33 heavy (non-hydrogen) atoms. The van der Waals surface area contributed by atoms with Crippen molar-refractivity contribution in [1.82, 2.24) is 18.9 Å². The zero-order valence-corrected chi connectivity index (χ0v) is 20.4. The second-order valence-electron chi connectivity index (χ2n) is 9.63. The molecule has 170 valence electrons. The smallest absolute Gasteiger partial charge is 0.254 e. The third kappa shape index (κ3) is 3.77. The first-order chi connectivity index (χ1) is 16.0. The largest absolute Gasteiger partial charge is 0.339 e. The highest BCUT2D eigenvalue weighted by atomic mass is 79.9. The van der Waals surface area contributed by atoms with E-state index in [1.54, 1.807) is 0 Å². The molecule has 6 rings (SSSR count). The summed E-state index contributed by atoms with van der Waals surface area (Å²) in [5, 5.41) is 1.22. The molecule has 4 heterocycles. The van der Waals surface area contributed by atoms with Crippen molar-refractivity contribution in [3.8, 4) is 11.4 Å². The van der Waals surface area contributed by atoms with Crippen LogP contribution in [0.25, 0.3) is 27.9 Å². The number of piperidine rings is 1. The highest BCUT2D eigenvalue weighted by Gasteiger charge is 2.26. The highest BCUT2D eigenvalue weighted by molar-refractivity contribution is 9.10. The molecule has 0 bridgehead atoms. The standard InChI is InChI=1S/C26H28BrN5O/c1-16-25(23-12-19-11-20(27)6-7-22(19)32(23)14-17-4-5-17)29-24-13-18(8-10-31(16)24)26(33)30-9-2-3-21(28)15-30/h6-8,10-13,17,21H,2-5,9,14-15,28H2,1H3.